The minimum Gasteiger partial charge on any atom is -0.381 e. The number of aliphatic imine (C=N–C) groups is 1. The molecule has 0 aliphatic heterocycles. The predicted molar refractivity (Wildman–Crippen MR) is 123 cm³/mol. The fourth-order valence-corrected chi connectivity index (χ4v) is 2.91. The Bertz CT molecular complexity index is 634. The van der Waals surface area contributed by atoms with Gasteiger partial charge >= 0.3 is 0 Å². The van der Waals surface area contributed by atoms with Crippen molar-refractivity contribution in [2.75, 3.05) is 39.1 Å². The van der Waals surface area contributed by atoms with Crippen LogP contribution in [0.4, 0.5) is 0 Å². The summed E-state index contributed by atoms with van der Waals surface area (Å²) in [7, 11) is -3.14. The molecule has 27 heavy (non-hydrogen) atoms. The Labute approximate surface area is 181 Å². The van der Waals surface area contributed by atoms with Gasteiger partial charge in [-0.25, -0.2) is 8.42 Å². The van der Waals surface area contributed by atoms with Crippen LogP contribution in [-0.2, 0) is 21.0 Å². The summed E-state index contributed by atoms with van der Waals surface area (Å²) >= 11 is 0. The Balaban J connectivity index is 0.00000676. The summed E-state index contributed by atoms with van der Waals surface area (Å²) in [4.78, 5) is 4.90. The van der Waals surface area contributed by atoms with Crippen molar-refractivity contribution in [1.29, 1.82) is 0 Å². The SMILES string of the molecule is CCCCOCCCN=C(NCC)NCCc1ccc(S(C)(=O)=O)cc1.I. The fourth-order valence-electron chi connectivity index (χ4n) is 2.28. The third-order valence-electron chi connectivity index (χ3n) is 3.76. The number of sulfone groups is 1. The summed E-state index contributed by atoms with van der Waals surface area (Å²) in [6.07, 6.45) is 5.20. The lowest BCUT2D eigenvalue weighted by atomic mass is 10.1. The smallest absolute Gasteiger partial charge is 0.191 e. The quantitative estimate of drug-likeness (QED) is 0.195. The molecule has 0 heterocycles. The minimum atomic E-state index is -3.14. The van der Waals surface area contributed by atoms with Gasteiger partial charge in [-0.15, -0.1) is 24.0 Å². The highest BCUT2D eigenvalue weighted by Crippen LogP contribution is 2.10. The van der Waals surface area contributed by atoms with Crippen LogP contribution in [0, 0.1) is 0 Å². The molecule has 0 radical (unpaired) electrons. The molecule has 0 fully saturated rings. The van der Waals surface area contributed by atoms with E-state index in [1.807, 2.05) is 19.1 Å². The number of hydrogen-bond donors (Lipinski definition) is 2. The summed E-state index contributed by atoms with van der Waals surface area (Å²) in [5.41, 5.74) is 1.09. The highest BCUT2D eigenvalue weighted by molar-refractivity contribution is 14.0. The van der Waals surface area contributed by atoms with Gasteiger partial charge in [-0.2, -0.15) is 0 Å². The zero-order valence-corrected chi connectivity index (χ0v) is 19.8. The number of nitrogens with zero attached hydrogens (tertiary/aromatic N) is 1. The highest BCUT2D eigenvalue weighted by atomic mass is 127. The zero-order valence-electron chi connectivity index (χ0n) is 16.7. The number of guanidine groups is 1. The maximum absolute atomic E-state index is 11.5. The summed E-state index contributed by atoms with van der Waals surface area (Å²) in [5.74, 6) is 0.800. The van der Waals surface area contributed by atoms with E-state index >= 15 is 0 Å². The second-order valence-corrected chi connectivity index (χ2v) is 8.19. The van der Waals surface area contributed by atoms with Crippen molar-refractivity contribution in [3.05, 3.63) is 29.8 Å². The van der Waals surface area contributed by atoms with E-state index < -0.39 is 9.84 Å². The average Bonchev–Trinajstić information content (AvgIpc) is 2.60. The van der Waals surface area contributed by atoms with Crippen molar-refractivity contribution in [3.8, 4) is 0 Å². The summed E-state index contributed by atoms with van der Waals surface area (Å²) in [5, 5.41) is 6.53. The molecule has 0 saturated carbocycles. The molecule has 0 aliphatic carbocycles. The molecular formula is C19H34IN3O3S. The van der Waals surface area contributed by atoms with Gasteiger partial charge in [0.05, 0.1) is 4.90 Å². The van der Waals surface area contributed by atoms with E-state index in [0.29, 0.717) is 4.90 Å². The number of hydrogen-bond acceptors (Lipinski definition) is 4. The van der Waals surface area contributed by atoms with Crippen molar-refractivity contribution in [2.24, 2.45) is 4.99 Å². The molecule has 0 amide bonds. The number of halogens is 1. The first kappa shape index (κ1) is 26.1. The monoisotopic (exact) mass is 511 g/mol. The van der Waals surface area contributed by atoms with Gasteiger partial charge in [0.15, 0.2) is 15.8 Å². The summed E-state index contributed by atoms with van der Waals surface area (Å²) in [6, 6.07) is 7.02. The van der Waals surface area contributed by atoms with Gasteiger partial charge in [0.25, 0.3) is 0 Å². The molecule has 0 spiro atoms. The van der Waals surface area contributed by atoms with E-state index in [2.05, 4.69) is 22.5 Å². The van der Waals surface area contributed by atoms with Crippen LogP contribution in [0.2, 0.25) is 0 Å². The molecule has 2 N–H and O–H groups in total. The summed E-state index contributed by atoms with van der Waals surface area (Å²) < 4.78 is 28.5. The predicted octanol–water partition coefficient (Wildman–Crippen LogP) is 3.01. The van der Waals surface area contributed by atoms with Crippen LogP contribution in [0.15, 0.2) is 34.2 Å². The van der Waals surface area contributed by atoms with Crippen LogP contribution in [0.5, 0.6) is 0 Å². The third-order valence-corrected chi connectivity index (χ3v) is 4.89. The normalized spacial score (nSPS) is 11.7. The molecule has 1 aromatic rings. The molecular weight excluding hydrogens is 477 g/mol. The molecule has 0 aromatic heterocycles. The van der Waals surface area contributed by atoms with Gasteiger partial charge in [0.2, 0.25) is 0 Å². The maximum Gasteiger partial charge on any atom is 0.191 e. The van der Waals surface area contributed by atoms with Crippen molar-refractivity contribution in [3.63, 3.8) is 0 Å². The molecule has 0 saturated heterocycles. The number of benzene rings is 1. The van der Waals surface area contributed by atoms with Crippen LogP contribution in [0.25, 0.3) is 0 Å². The average molecular weight is 511 g/mol. The molecule has 1 aromatic carbocycles. The standard InChI is InChI=1S/C19H33N3O3S.HI/c1-4-6-15-25-16-7-13-21-19(20-5-2)22-14-12-17-8-10-18(11-9-17)26(3,23)24;/h8-11H,4-7,12-16H2,1-3H3,(H2,20,21,22);1H. The number of nitrogens with one attached hydrogen (secondary N) is 2. The largest absolute Gasteiger partial charge is 0.381 e. The van der Waals surface area contributed by atoms with Crippen LogP contribution in [0.1, 0.15) is 38.7 Å². The van der Waals surface area contributed by atoms with E-state index in [1.54, 1.807) is 12.1 Å². The van der Waals surface area contributed by atoms with Gasteiger partial charge in [-0.1, -0.05) is 25.5 Å². The van der Waals surface area contributed by atoms with Crippen LogP contribution >= 0.6 is 24.0 Å². The van der Waals surface area contributed by atoms with Crippen LogP contribution in [-0.4, -0.2) is 53.5 Å². The Morgan fingerprint density at radius 3 is 2.33 bits per heavy atom. The fraction of sp³-hybridized carbons (Fsp3) is 0.632. The Morgan fingerprint density at radius 1 is 1.07 bits per heavy atom. The number of unbranched alkanes of at least 4 members (excludes halogenated alkanes) is 1. The van der Waals surface area contributed by atoms with E-state index in [9.17, 15) is 8.42 Å². The number of ether oxygens (including phenoxy) is 1. The van der Waals surface area contributed by atoms with Gasteiger partial charge in [0.1, 0.15) is 0 Å². The van der Waals surface area contributed by atoms with Gasteiger partial charge in [-0.3, -0.25) is 4.99 Å². The Kier molecular flexibility index (Phi) is 14.6. The highest BCUT2D eigenvalue weighted by Gasteiger charge is 2.06. The second kappa shape index (κ2) is 15.1. The van der Waals surface area contributed by atoms with E-state index in [0.717, 1.165) is 70.1 Å². The van der Waals surface area contributed by atoms with E-state index in [4.69, 9.17) is 4.74 Å². The first-order valence-corrected chi connectivity index (χ1v) is 11.3. The van der Waals surface area contributed by atoms with Crippen molar-refractivity contribution in [2.45, 2.75) is 44.4 Å². The molecule has 156 valence electrons. The Morgan fingerprint density at radius 2 is 1.74 bits per heavy atom. The lowest BCUT2D eigenvalue weighted by Gasteiger charge is -2.11. The molecule has 0 bridgehead atoms. The number of rotatable bonds is 12. The van der Waals surface area contributed by atoms with Crippen molar-refractivity contribution in [1.82, 2.24) is 10.6 Å². The van der Waals surface area contributed by atoms with E-state index in [1.165, 1.54) is 6.26 Å². The van der Waals surface area contributed by atoms with Gasteiger partial charge in [0, 0.05) is 39.1 Å². The molecule has 1 rings (SSSR count). The first-order chi connectivity index (χ1) is 12.5. The maximum atomic E-state index is 11.5. The molecule has 0 atom stereocenters. The third kappa shape index (κ3) is 12.2. The lowest BCUT2D eigenvalue weighted by molar-refractivity contribution is 0.130. The topological polar surface area (TPSA) is 79.8 Å². The lowest BCUT2D eigenvalue weighted by Crippen LogP contribution is -2.38. The Hall–Kier alpha value is -0.870. The summed E-state index contributed by atoms with van der Waals surface area (Å²) in [6.45, 7) is 8.03. The molecule has 0 aliphatic rings. The first-order valence-electron chi connectivity index (χ1n) is 9.36. The second-order valence-electron chi connectivity index (χ2n) is 6.17. The van der Waals surface area contributed by atoms with Crippen LogP contribution < -0.4 is 10.6 Å². The van der Waals surface area contributed by atoms with Crippen molar-refractivity contribution < 1.29 is 13.2 Å². The van der Waals surface area contributed by atoms with Crippen LogP contribution in [0.3, 0.4) is 0 Å². The van der Waals surface area contributed by atoms with E-state index in [-0.39, 0.29) is 24.0 Å². The van der Waals surface area contributed by atoms with Gasteiger partial charge in [-0.05, 0) is 43.9 Å². The minimum absolute atomic E-state index is 0. The zero-order chi connectivity index (χ0) is 19.3. The van der Waals surface area contributed by atoms with Gasteiger partial charge < -0.3 is 15.4 Å². The molecule has 6 nitrogen and oxygen atoms in total. The molecule has 8 heteroatoms. The van der Waals surface area contributed by atoms with Crippen molar-refractivity contribution >= 4 is 39.8 Å². The molecule has 0 unspecified atom stereocenters.